The molecule has 2 aliphatic rings. The summed E-state index contributed by atoms with van der Waals surface area (Å²) in [6, 6.07) is 0.612. The van der Waals surface area contributed by atoms with Crippen LogP contribution in [0.25, 0.3) is 0 Å². The molecule has 2 heterocycles. The molecule has 2 fully saturated rings. The fraction of sp³-hybridized carbons (Fsp3) is 0.917. The molecule has 0 unspecified atom stereocenters. The monoisotopic (exact) mass is 210 g/mol. The van der Waals surface area contributed by atoms with Gasteiger partial charge in [-0.3, -0.25) is 4.79 Å². The van der Waals surface area contributed by atoms with Gasteiger partial charge in [0.05, 0.1) is 0 Å². The number of likely N-dealkylation sites (tertiary alicyclic amines) is 2. The zero-order chi connectivity index (χ0) is 10.7. The maximum Gasteiger partial charge on any atom is 0.222 e. The molecule has 0 aromatic heterocycles. The predicted molar refractivity (Wildman–Crippen MR) is 60.7 cm³/mol. The van der Waals surface area contributed by atoms with Crippen molar-refractivity contribution in [3.05, 3.63) is 0 Å². The Bertz CT molecular complexity index is 230. The lowest BCUT2D eigenvalue weighted by Crippen LogP contribution is -2.47. The zero-order valence-electron chi connectivity index (χ0n) is 9.74. The van der Waals surface area contributed by atoms with Crippen LogP contribution in [-0.4, -0.2) is 48.4 Å². The number of hydrogen-bond acceptors (Lipinski definition) is 2. The van der Waals surface area contributed by atoms with Crippen LogP contribution in [0.4, 0.5) is 0 Å². The largest absolute Gasteiger partial charge is 0.341 e. The lowest BCUT2D eigenvalue weighted by Gasteiger charge is -2.37. The van der Waals surface area contributed by atoms with E-state index in [-0.39, 0.29) is 0 Å². The van der Waals surface area contributed by atoms with Gasteiger partial charge in [0, 0.05) is 25.6 Å². The summed E-state index contributed by atoms with van der Waals surface area (Å²) in [4.78, 5) is 16.2. The number of piperidine rings is 2. The van der Waals surface area contributed by atoms with Crippen LogP contribution in [-0.2, 0) is 4.79 Å². The smallest absolute Gasteiger partial charge is 0.222 e. The Balaban J connectivity index is 1.86. The number of carbonyl (C=O) groups is 1. The van der Waals surface area contributed by atoms with E-state index in [0.29, 0.717) is 11.9 Å². The summed E-state index contributed by atoms with van der Waals surface area (Å²) in [6.07, 6.45) is 6.98. The lowest BCUT2D eigenvalue weighted by atomic mass is 10.0. The molecule has 0 bridgehead atoms. The Morgan fingerprint density at radius 2 is 2.00 bits per heavy atom. The third-order valence-electron chi connectivity index (χ3n) is 3.77. The van der Waals surface area contributed by atoms with Gasteiger partial charge in [-0.15, -0.1) is 0 Å². The molecule has 86 valence electrons. The van der Waals surface area contributed by atoms with Crippen LogP contribution in [0.3, 0.4) is 0 Å². The molecule has 2 rings (SSSR count). The topological polar surface area (TPSA) is 23.6 Å². The number of likely N-dealkylation sites (N-methyl/N-ethyl adjacent to an activating group) is 1. The standard InChI is InChI=1S/C12H22N2O/c1-13-8-4-2-6-11(13)10-14-9-5-3-7-12(14)15/h11H,2-10H2,1H3/t11-/m1/s1. The first-order chi connectivity index (χ1) is 7.27. The van der Waals surface area contributed by atoms with Crippen LogP contribution in [0.5, 0.6) is 0 Å². The molecule has 0 N–H and O–H groups in total. The summed E-state index contributed by atoms with van der Waals surface area (Å²) >= 11 is 0. The molecular formula is C12H22N2O. The highest BCUT2D eigenvalue weighted by Gasteiger charge is 2.25. The van der Waals surface area contributed by atoms with Crippen molar-refractivity contribution >= 4 is 5.91 Å². The van der Waals surface area contributed by atoms with E-state index in [2.05, 4.69) is 16.8 Å². The summed E-state index contributed by atoms with van der Waals surface area (Å²) in [6.45, 7) is 3.16. The van der Waals surface area contributed by atoms with E-state index in [4.69, 9.17) is 0 Å². The van der Waals surface area contributed by atoms with E-state index < -0.39 is 0 Å². The van der Waals surface area contributed by atoms with Crippen LogP contribution >= 0.6 is 0 Å². The minimum atomic E-state index is 0.375. The molecule has 2 saturated heterocycles. The summed E-state index contributed by atoms with van der Waals surface area (Å²) in [5, 5.41) is 0. The van der Waals surface area contributed by atoms with Crippen LogP contribution in [0.2, 0.25) is 0 Å². The van der Waals surface area contributed by atoms with Crippen LogP contribution < -0.4 is 0 Å². The molecule has 0 aromatic carbocycles. The molecule has 0 radical (unpaired) electrons. The van der Waals surface area contributed by atoms with E-state index in [1.54, 1.807) is 0 Å². The van der Waals surface area contributed by atoms with E-state index >= 15 is 0 Å². The number of carbonyl (C=O) groups excluding carboxylic acids is 1. The Kier molecular flexibility index (Phi) is 3.62. The SMILES string of the molecule is CN1CCCC[C@@H]1CN1CCCCC1=O. The molecule has 0 saturated carbocycles. The molecule has 15 heavy (non-hydrogen) atoms. The highest BCUT2D eigenvalue weighted by atomic mass is 16.2. The first-order valence-corrected chi connectivity index (χ1v) is 6.25. The minimum absolute atomic E-state index is 0.375. The first-order valence-electron chi connectivity index (χ1n) is 6.25. The Morgan fingerprint density at radius 3 is 2.73 bits per heavy atom. The van der Waals surface area contributed by atoms with E-state index in [0.717, 1.165) is 25.9 Å². The van der Waals surface area contributed by atoms with Gasteiger partial charge in [0.1, 0.15) is 0 Å². The van der Waals surface area contributed by atoms with E-state index in [9.17, 15) is 4.79 Å². The quantitative estimate of drug-likeness (QED) is 0.689. The molecule has 3 heteroatoms. The molecule has 3 nitrogen and oxygen atoms in total. The number of rotatable bonds is 2. The van der Waals surface area contributed by atoms with Crippen molar-refractivity contribution in [2.45, 2.75) is 44.6 Å². The maximum atomic E-state index is 11.7. The summed E-state index contributed by atoms with van der Waals surface area (Å²) in [5.41, 5.74) is 0. The van der Waals surface area contributed by atoms with Crippen LogP contribution in [0.1, 0.15) is 38.5 Å². The Labute approximate surface area is 92.4 Å². The Morgan fingerprint density at radius 1 is 1.20 bits per heavy atom. The van der Waals surface area contributed by atoms with Gasteiger partial charge in [0.25, 0.3) is 0 Å². The van der Waals surface area contributed by atoms with Crippen molar-refractivity contribution in [3.63, 3.8) is 0 Å². The average Bonchev–Trinajstić information content (AvgIpc) is 2.24. The molecule has 0 aromatic rings. The number of hydrogen-bond donors (Lipinski definition) is 0. The second-order valence-electron chi connectivity index (χ2n) is 4.93. The Hall–Kier alpha value is -0.570. The molecule has 0 spiro atoms. The highest BCUT2D eigenvalue weighted by Crippen LogP contribution is 2.18. The summed E-state index contributed by atoms with van der Waals surface area (Å²) in [5.74, 6) is 0.375. The van der Waals surface area contributed by atoms with Gasteiger partial charge in [0.2, 0.25) is 5.91 Å². The second kappa shape index (κ2) is 4.97. The maximum absolute atomic E-state index is 11.7. The fourth-order valence-corrected chi connectivity index (χ4v) is 2.68. The van der Waals surface area contributed by atoms with Crippen LogP contribution in [0, 0.1) is 0 Å². The van der Waals surface area contributed by atoms with Gasteiger partial charge in [-0.05, 0) is 39.3 Å². The van der Waals surface area contributed by atoms with Gasteiger partial charge < -0.3 is 9.80 Å². The third kappa shape index (κ3) is 2.71. The summed E-state index contributed by atoms with van der Waals surface area (Å²) in [7, 11) is 2.19. The van der Waals surface area contributed by atoms with Gasteiger partial charge in [-0.1, -0.05) is 6.42 Å². The third-order valence-corrected chi connectivity index (χ3v) is 3.77. The zero-order valence-corrected chi connectivity index (χ0v) is 9.74. The van der Waals surface area contributed by atoms with E-state index in [1.165, 1.54) is 32.2 Å². The van der Waals surface area contributed by atoms with E-state index in [1.807, 2.05) is 0 Å². The molecular weight excluding hydrogens is 188 g/mol. The van der Waals surface area contributed by atoms with Gasteiger partial charge >= 0.3 is 0 Å². The van der Waals surface area contributed by atoms with Crippen molar-refractivity contribution in [2.75, 3.05) is 26.7 Å². The van der Waals surface area contributed by atoms with Crippen molar-refractivity contribution < 1.29 is 4.79 Å². The first kappa shape index (κ1) is 10.9. The lowest BCUT2D eigenvalue weighted by molar-refractivity contribution is -0.134. The van der Waals surface area contributed by atoms with Crippen molar-refractivity contribution in [1.29, 1.82) is 0 Å². The van der Waals surface area contributed by atoms with Crippen LogP contribution in [0.15, 0.2) is 0 Å². The normalized spacial score (nSPS) is 29.5. The summed E-state index contributed by atoms with van der Waals surface area (Å²) < 4.78 is 0. The van der Waals surface area contributed by atoms with Crippen molar-refractivity contribution in [3.8, 4) is 0 Å². The predicted octanol–water partition coefficient (Wildman–Crippen LogP) is 1.48. The molecule has 1 amide bonds. The number of nitrogens with zero attached hydrogens (tertiary/aromatic N) is 2. The van der Waals surface area contributed by atoms with Crippen molar-refractivity contribution in [1.82, 2.24) is 9.80 Å². The molecule has 2 aliphatic heterocycles. The van der Waals surface area contributed by atoms with Crippen molar-refractivity contribution in [2.24, 2.45) is 0 Å². The van der Waals surface area contributed by atoms with Gasteiger partial charge in [0.15, 0.2) is 0 Å². The van der Waals surface area contributed by atoms with Gasteiger partial charge in [-0.2, -0.15) is 0 Å². The second-order valence-corrected chi connectivity index (χ2v) is 4.93. The number of amides is 1. The highest BCUT2D eigenvalue weighted by molar-refractivity contribution is 5.76. The molecule has 1 atom stereocenters. The average molecular weight is 210 g/mol. The molecule has 0 aliphatic carbocycles. The van der Waals surface area contributed by atoms with Gasteiger partial charge in [-0.25, -0.2) is 0 Å². The minimum Gasteiger partial charge on any atom is -0.341 e. The fourth-order valence-electron chi connectivity index (χ4n) is 2.68.